The molecular weight excluding hydrogens is 384 g/mol. The Balaban J connectivity index is 1.67. The largest absolute Gasteiger partial charge is 0.355 e. The highest BCUT2D eigenvalue weighted by Crippen LogP contribution is 2.16. The van der Waals surface area contributed by atoms with Crippen LogP contribution in [0.5, 0.6) is 0 Å². The minimum Gasteiger partial charge on any atom is -0.355 e. The minimum absolute atomic E-state index is 0.0855. The molecule has 1 atom stereocenters. The first kappa shape index (κ1) is 22.0. The Bertz CT molecular complexity index is 759. The molecule has 0 aliphatic carbocycles. The van der Waals surface area contributed by atoms with Crippen LogP contribution in [0.25, 0.3) is 0 Å². The maximum Gasteiger partial charge on any atom is 0.269 e. The number of piperazine rings is 1. The van der Waals surface area contributed by atoms with Crippen LogP contribution in [0.1, 0.15) is 32.3 Å². The molecule has 1 N–H and O–H groups in total. The highest BCUT2D eigenvalue weighted by atomic mass is 16.6. The summed E-state index contributed by atoms with van der Waals surface area (Å²) in [6.45, 7) is 10.2. The maximum atomic E-state index is 11.6. The van der Waals surface area contributed by atoms with Crippen molar-refractivity contribution in [3.63, 3.8) is 0 Å². The molecule has 9 nitrogen and oxygen atoms in total. The monoisotopic (exact) mass is 416 g/mol. The zero-order chi connectivity index (χ0) is 21.5. The van der Waals surface area contributed by atoms with E-state index in [1.165, 1.54) is 25.0 Å². The highest BCUT2D eigenvalue weighted by Gasteiger charge is 2.25. The van der Waals surface area contributed by atoms with Crippen molar-refractivity contribution >= 4 is 17.6 Å². The number of nitro groups is 1. The van der Waals surface area contributed by atoms with Crippen molar-refractivity contribution in [1.29, 1.82) is 0 Å². The Kier molecular flexibility index (Phi) is 7.62. The van der Waals surface area contributed by atoms with Crippen LogP contribution in [0.2, 0.25) is 0 Å². The van der Waals surface area contributed by atoms with Crippen molar-refractivity contribution in [2.45, 2.75) is 39.3 Å². The molecule has 2 fully saturated rings. The summed E-state index contributed by atoms with van der Waals surface area (Å²) in [6.07, 6.45) is 2.42. The maximum absolute atomic E-state index is 11.6. The molecular formula is C21H32N6O3. The molecule has 0 aromatic heterocycles. The molecule has 2 aliphatic rings. The summed E-state index contributed by atoms with van der Waals surface area (Å²) >= 11 is 0. The summed E-state index contributed by atoms with van der Waals surface area (Å²) in [5.41, 5.74) is 1.01. The number of nitrogens with one attached hydrogen (secondary N) is 1. The van der Waals surface area contributed by atoms with Gasteiger partial charge in [0.05, 0.1) is 11.5 Å². The normalized spacial score (nSPS) is 20.5. The van der Waals surface area contributed by atoms with Gasteiger partial charge in [0.15, 0.2) is 5.96 Å². The van der Waals surface area contributed by atoms with Crippen LogP contribution in [0.3, 0.4) is 0 Å². The number of likely N-dealkylation sites (N-methyl/N-ethyl adjacent to an activating group) is 1. The van der Waals surface area contributed by atoms with Crippen LogP contribution < -0.4 is 5.32 Å². The lowest BCUT2D eigenvalue weighted by atomic mass is 10.2. The first-order chi connectivity index (χ1) is 14.5. The Hall–Kier alpha value is -2.68. The Labute approximate surface area is 177 Å². The summed E-state index contributed by atoms with van der Waals surface area (Å²) in [4.78, 5) is 33.5. The van der Waals surface area contributed by atoms with E-state index in [4.69, 9.17) is 4.99 Å². The molecule has 0 saturated carbocycles. The number of nitrogens with zero attached hydrogens (tertiary/aromatic N) is 5. The van der Waals surface area contributed by atoms with Gasteiger partial charge in [0.25, 0.3) is 5.69 Å². The lowest BCUT2D eigenvalue weighted by Gasteiger charge is -2.36. The number of amides is 1. The van der Waals surface area contributed by atoms with Crippen molar-refractivity contribution < 1.29 is 9.72 Å². The second-order valence-corrected chi connectivity index (χ2v) is 7.86. The average molecular weight is 417 g/mol. The van der Waals surface area contributed by atoms with Crippen LogP contribution in [0.4, 0.5) is 5.69 Å². The smallest absolute Gasteiger partial charge is 0.269 e. The standard InChI is InChI=1S/C21H32N6O3/c1-3-24-10-4-5-20(24)16-23-21(26-13-11-25(12-14-26)17(2)28)22-15-18-6-8-19(9-7-18)27(29)30/h6-9,20H,3-5,10-16H2,1-2H3,(H,22,23). The van der Waals surface area contributed by atoms with Crippen LogP contribution >= 0.6 is 0 Å². The quantitative estimate of drug-likeness (QED) is 0.328. The van der Waals surface area contributed by atoms with E-state index in [-0.39, 0.29) is 11.6 Å². The van der Waals surface area contributed by atoms with E-state index in [2.05, 4.69) is 22.0 Å². The van der Waals surface area contributed by atoms with Gasteiger partial charge in [0.2, 0.25) is 5.91 Å². The number of likely N-dealkylation sites (tertiary alicyclic amines) is 1. The van der Waals surface area contributed by atoms with Gasteiger partial charge in [-0.25, -0.2) is 4.99 Å². The average Bonchev–Trinajstić information content (AvgIpc) is 3.22. The molecule has 9 heteroatoms. The number of hydrogen-bond acceptors (Lipinski definition) is 5. The molecule has 1 aromatic carbocycles. The summed E-state index contributed by atoms with van der Waals surface area (Å²) in [5, 5.41) is 14.4. The van der Waals surface area contributed by atoms with Crippen molar-refractivity contribution in [2.24, 2.45) is 4.99 Å². The number of rotatable bonds is 6. The fraction of sp³-hybridized carbons (Fsp3) is 0.619. The molecule has 1 amide bonds. The Morgan fingerprint density at radius 1 is 1.17 bits per heavy atom. The summed E-state index contributed by atoms with van der Waals surface area (Å²) < 4.78 is 0. The van der Waals surface area contributed by atoms with Gasteiger partial charge < -0.3 is 15.1 Å². The van der Waals surface area contributed by atoms with Gasteiger partial charge in [0.1, 0.15) is 0 Å². The van der Waals surface area contributed by atoms with Crippen LogP contribution in [0, 0.1) is 10.1 Å². The van der Waals surface area contributed by atoms with Gasteiger partial charge >= 0.3 is 0 Å². The lowest BCUT2D eigenvalue weighted by molar-refractivity contribution is -0.384. The molecule has 3 rings (SSSR count). The highest BCUT2D eigenvalue weighted by molar-refractivity contribution is 5.80. The fourth-order valence-corrected chi connectivity index (χ4v) is 4.14. The summed E-state index contributed by atoms with van der Waals surface area (Å²) in [6, 6.07) is 7.05. The SMILES string of the molecule is CCN1CCCC1CNC(=NCc1ccc([N+](=O)[O-])cc1)N1CCN(C(C)=O)CC1. The zero-order valence-corrected chi connectivity index (χ0v) is 17.9. The summed E-state index contributed by atoms with van der Waals surface area (Å²) in [5.74, 6) is 0.955. The molecule has 164 valence electrons. The van der Waals surface area contributed by atoms with E-state index in [9.17, 15) is 14.9 Å². The number of non-ortho nitro benzene ring substituents is 1. The number of carbonyl (C=O) groups is 1. The second-order valence-electron chi connectivity index (χ2n) is 7.86. The van der Waals surface area contributed by atoms with Crippen molar-refractivity contribution in [3.8, 4) is 0 Å². The minimum atomic E-state index is -0.393. The number of hydrogen-bond donors (Lipinski definition) is 1. The molecule has 0 spiro atoms. The van der Waals surface area contributed by atoms with Gasteiger partial charge in [-0.15, -0.1) is 0 Å². The fourth-order valence-electron chi connectivity index (χ4n) is 4.14. The van der Waals surface area contributed by atoms with Gasteiger partial charge in [-0.3, -0.25) is 19.8 Å². The number of aliphatic imine (C=N–C) groups is 1. The van der Waals surface area contributed by atoms with Crippen LogP contribution in [0.15, 0.2) is 29.3 Å². The predicted octanol–water partition coefficient (Wildman–Crippen LogP) is 1.69. The zero-order valence-electron chi connectivity index (χ0n) is 17.9. The van der Waals surface area contributed by atoms with E-state index < -0.39 is 4.92 Å². The molecule has 2 saturated heterocycles. The van der Waals surface area contributed by atoms with Gasteiger partial charge in [-0.05, 0) is 31.5 Å². The summed E-state index contributed by atoms with van der Waals surface area (Å²) in [7, 11) is 0. The third-order valence-electron chi connectivity index (χ3n) is 5.98. The van der Waals surface area contributed by atoms with Gasteiger partial charge in [0, 0.05) is 57.8 Å². The van der Waals surface area contributed by atoms with Gasteiger partial charge in [-0.2, -0.15) is 0 Å². The molecule has 2 aliphatic heterocycles. The van der Waals surface area contributed by atoms with E-state index in [0.717, 1.165) is 44.2 Å². The third kappa shape index (κ3) is 5.69. The number of nitro benzene ring substituents is 1. The lowest BCUT2D eigenvalue weighted by Crippen LogP contribution is -2.54. The molecule has 1 aromatic rings. The topological polar surface area (TPSA) is 94.3 Å². The van der Waals surface area contributed by atoms with Crippen molar-refractivity contribution in [1.82, 2.24) is 20.0 Å². The molecule has 30 heavy (non-hydrogen) atoms. The molecule has 1 unspecified atom stereocenters. The van der Waals surface area contributed by atoms with Crippen LogP contribution in [-0.2, 0) is 11.3 Å². The van der Waals surface area contributed by atoms with Crippen LogP contribution in [-0.4, -0.2) is 83.3 Å². The predicted molar refractivity (Wildman–Crippen MR) is 116 cm³/mol. The Morgan fingerprint density at radius 3 is 2.43 bits per heavy atom. The Morgan fingerprint density at radius 2 is 1.83 bits per heavy atom. The third-order valence-corrected chi connectivity index (χ3v) is 5.98. The van der Waals surface area contributed by atoms with E-state index in [1.54, 1.807) is 19.1 Å². The van der Waals surface area contributed by atoms with E-state index in [1.807, 2.05) is 4.90 Å². The van der Waals surface area contributed by atoms with Gasteiger partial charge in [-0.1, -0.05) is 19.1 Å². The van der Waals surface area contributed by atoms with E-state index in [0.29, 0.717) is 25.7 Å². The number of benzene rings is 1. The second kappa shape index (κ2) is 10.4. The number of carbonyl (C=O) groups excluding carboxylic acids is 1. The van der Waals surface area contributed by atoms with Crippen molar-refractivity contribution in [3.05, 3.63) is 39.9 Å². The van der Waals surface area contributed by atoms with Crippen molar-refractivity contribution in [2.75, 3.05) is 45.8 Å². The molecule has 0 radical (unpaired) electrons. The first-order valence-corrected chi connectivity index (χ1v) is 10.7. The molecule has 0 bridgehead atoms. The van der Waals surface area contributed by atoms with E-state index >= 15 is 0 Å². The first-order valence-electron chi connectivity index (χ1n) is 10.7. The number of guanidine groups is 1. The molecule has 2 heterocycles.